The highest BCUT2D eigenvalue weighted by atomic mass is 79.9. The summed E-state index contributed by atoms with van der Waals surface area (Å²) in [5.74, 6) is 0. The minimum absolute atomic E-state index is 0.172. The largest absolute Gasteiger partial charge is 0.332 e. The van der Waals surface area contributed by atoms with Gasteiger partial charge in [-0.25, -0.2) is 14.8 Å². The molecule has 0 fully saturated rings. The first-order valence-electron chi connectivity index (χ1n) is 7.16. The van der Waals surface area contributed by atoms with Crippen LogP contribution in [0.5, 0.6) is 0 Å². The number of imidazole rings is 1. The molecular formula is C14H11BrN6O3S. The van der Waals surface area contributed by atoms with Crippen molar-refractivity contribution in [3.8, 4) is 0 Å². The first-order chi connectivity index (χ1) is 11.9. The highest BCUT2D eigenvalue weighted by molar-refractivity contribution is 9.10. The Kier molecular flexibility index (Phi) is 3.51. The fourth-order valence-electron chi connectivity index (χ4n) is 2.73. The van der Waals surface area contributed by atoms with Crippen LogP contribution in [0, 0.1) is 0 Å². The summed E-state index contributed by atoms with van der Waals surface area (Å²) in [6.07, 6.45) is 1.66. The first-order valence-corrected chi connectivity index (χ1v) is 8.83. The lowest BCUT2D eigenvalue weighted by atomic mass is 10.4. The summed E-state index contributed by atoms with van der Waals surface area (Å²) in [5.41, 5.74) is -0.0575. The van der Waals surface area contributed by atoms with Gasteiger partial charge in [-0.3, -0.25) is 27.7 Å². The van der Waals surface area contributed by atoms with E-state index in [-0.39, 0.29) is 17.6 Å². The smallest absolute Gasteiger partial charge is 0.298 e. The first kappa shape index (κ1) is 16.0. The topological polar surface area (TPSA) is 96.2 Å². The minimum Gasteiger partial charge on any atom is -0.298 e. The molecule has 0 aliphatic heterocycles. The van der Waals surface area contributed by atoms with Crippen molar-refractivity contribution in [3.05, 3.63) is 59.3 Å². The van der Waals surface area contributed by atoms with Crippen molar-refractivity contribution < 1.29 is 0 Å². The summed E-state index contributed by atoms with van der Waals surface area (Å²) in [6, 6.07) is 1.43. The lowest BCUT2D eigenvalue weighted by Crippen LogP contribution is -2.37. The Bertz CT molecular complexity index is 1320. The Balaban J connectivity index is 1.97. The summed E-state index contributed by atoms with van der Waals surface area (Å²) >= 11 is 4.68. The highest BCUT2D eigenvalue weighted by Gasteiger charge is 2.18. The molecule has 4 aromatic heterocycles. The Morgan fingerprint density at radius 3 is 2.68 bits per heavy atom. The van der Waals surface area contributed by atoms with E-state index >= 15 is 0 Å². The van der Waals surface area contributed by atoms with Crippen LogP contribution in [0.3, 0.4) is 0 Å². The van der Waals surface area contributed by atoms with Gasteiger partial charge in [-0.05, 0) is 15.9 Å². The molecule has 128 valence electrons. The van der Waals surface area contributed by atoms with Crippen LogP contribution >= 0.6 is 27.3 Å². The van der Waals surface area contributed by atoms with Crippen molar-refractivity contribution in [1.82, 2.24) is 28.1 Å². The fourth-order valence-corrected chi connectivity index (χ4v) is 3.94. The zero-order chi connectivity index (χ0) is 17.9. The Labute approximate surface area is 151 Å². The van der Waals surface area contributed by atoms with Crippen LogP contribution in [-0.4, -0.2) is 28.1 Å². The van der Waals surface area contributed by atoms with Gasteiger partial charge < -0.3 is 0 Å². The molecule has 11 heteroatoms. The third-order valence-electron chi connectivity index (χ3n) is 3.97. The van der Waals surface area contributed by atoms with Crippen LogP contribution in [0.2, 0.25) is 0 Å². The van der Waals surface area contributed by atoms with Gasteiger partial charge in [0, 0.05) is 31.7 Å². The van der Waals surface area contributed by atoms with Gasteiger partial charge in [0.1, 0.15) is 0 Å². The second kappa shape index (κ2) is 5.49. The molecule has 25 heavy (non-hydrogen) atoms. The molecule has 0 saturated carbocycles. The summed E-state index contributed by atoms with van der Waals surface area (Å²) in [4.78, 5) is 45.9. The lowest BCUT2D eigenvalue weighted by molar-refractivity contribution is 0.681. The van der Waals surface area contributed by atoms with Crippen molar-refractivity contribution in [2.24, 2.45) is 14.1 Å². The third kappa shape index (κ3) is 2.30. The lowest BCUT2D eigenvalue weighted by Gasteiger charge is -2.09. The number of hydrogen-bond acceptors (Lipinski definition) is 6. The van der Waals surface area contributed by atoms with Crippen LogP contribution in [0.15, 0.2) is 36.8 Å². The molecule has 9 nitrogen and oxygen atoms in total. The number of rotatable bonds is 2. The molecule has 0 aromatic carbocycles. The van der Waals surface area contributed by atoms with Gasteiger partial charge in [-0.1, -0.05) is 0 Å². The van der Waals surface area contributed by atoms with Gasteiger partial charge in [-0.15, -0.1) is 11.3 Å². The van der Waals surface area contributed by atoms with Gasteiger partial charge in [0.2, 0.25) is 0 Å². The SMILES string of the molecule is Cn1c(=O)c2nc(Br)n(Cc3cc(=O)n4ccsc4n3)c2n(C)c1=O. The van der Waals surface area contributed by atoms with Crippen LogP contribution < -0.4 is 16.8 Å². The van der Waals surface area contributed by atoms with E-state index in [1.54, 1.807) is 23.2 Å². The van der Waals surface area contributed by atoms with Gasteiger partial charge >= 0.3 is 5.69 Å². The number of halogens is 1. The average Bonchev–Trinajstić information content (AvgIpc) is 3.17. The molecular weight excluding hydrogens is 412 g/mol. The molecule has 4 rings (SSSR count). The van der Waals surface area contributed by atoms with Gasteiger partial charge in [0.25, 0.3) is 11.1 Å². The number of thiazole rings is 1. The maximum absolute atomic E-state index is 12.3. The normalized spacial score (nSPS) is 11.6. The number of hydrogen-bond donors (Lipinski definition) is 0. The number of aryl methyl sites for hydroxylation is 1. The molecule has 0 unspecified atom stereocenters. The zero-order valence-electron chi connectivity index (χ0n) is 13.1. The van der Waals surface area contributed by atoms with Gasteiger partial charge in [0.05, 0.1) is 12.2 Å². The van der Waals surface area contributed by atoms with E-state index in [4.69, 9.17) is 0 Å². The molecule has 0 aliphatic carbocycles. The predicted octanol–water partition coefficient (Wildman–Crippen LogP) is 0.314. The van der Waals surface area contributed by atoms with E-state index in [1.165, 1.54) is 33.4 Å². The molecule has 0 spiro atoms. The summed E-state index contributed by atoms with van der Waals surface area (Å²) in [5, 5.41) is 1.78. The Hall–Kier alpha value is -2.53. The monoisotopic (exact) mass is 422 g/mol. The van der Waals surface area contributed by atoms with Crippen molar-refractivity contribution in [1.29, 1.82) is 0 Å². The molecule has 0 amide bonds. The molecule has 0 N–H and O–H groups in total. The highest BCUT2D eigenvalue weighted by Crippen LogP contribution is 2.18. The molecule has 0 bridgehead atoms. The maximum atomic E-state index is 12.3. The van der Waals surface area contributed by atoms with Crippen molar-refractivity contribution in [2.45, 2.75) is 6.54 Å². The van der Waals surface area contributed by atoms with E-state index < -0.39 is 11.2 Å². The Morgan fingerprint density at radius 2 is 1.92 bits per heavy atom. The fraction of sp³-hybridized carbons (Fsp3) is 0.214. The summed E-state index contributed by atoms with van der Waals surface area (Å²) in [7, 11) is 2.98. The molecule has 4 aromatic rings. The number of aromatic nitrogens is 6. The molecule has 4 heterocycles. The maximum Gasteiger partial charge on any atom is 0.332 e. The van der Waals surface area contributed by atoms with Crippen LogP contribution in [0.1, 0.15) is 5.69 Å². The predicted molar refractivity (Wildman–Crippen MR) is 96.4 cm³/mol. The van der Waals surface area contributed by atoms with E-state index in [0.29, 0.717) is 21.0 Å². The molecule has 0 atom stereocenters. The van der Waals surface area contributed by atoms with Crippen LogP contribution in [0.25, 0.3) is 16.1 Å². The van der Waals surface area contributed by atoms with E-state index in [1.807, 2.05) is 0 Å². The van der Waals surface area contributed by atoms with E-state index in [2.05, 4.69) is 25.9 Å². The summed E-state index contributed by atoms with van der Waals surface area (Å²) < 4.78 is 5.85. The van der Waals surface area contributed by atoms with E-state index in [9.17, 15) is 14.4 Å². The standard InChI is InChI=1S/C14H11BrN6O3S/c1-18-10-9(11(23)19(2)14(18)24)17-12(15)21(10)6-7-5-8(22)20-3-4-25-13(20)16-7/h3-5H,6H2,1-2H3. The molecule has 0 saturated heterocycles. The van der Waals surface area contributed by atoms with Crippen LogP contribution in [-0.2, 0) is 20.6 Å². The molecule has 0 aliphatic rings. The van der Waals surface area contributed by atoms with Crippen molar-refractivity contribution in [2.75, 3.05) is 0 Å². The zero-order valence-corrected chi connectivity index (χ0v) is 15.5. The van der Waals surface area contributed by atoms with Crippen LogP contribution in [0.4, 0.5) is 0 Å². The quantitative estimate of drug-likeness (QED) is 0.433. The molecule has 0 radical (unpaired) electrons. The second-order valence-corrected chi connectivity index (χ2v) is 7.07. The Morgan fingerprint density at radius 1 is 1.16 bits per heavy atom. The van der Waals surface area contributed by atoms with Gasteiger partial charge in [-0.2, -0.15) is 0 Å². The number of fused-ring (bicyclic) bond motifs is 2. The minimum atomic E-state index is -0.473. The van der Waals surface area contributed by atoms with E-state index in [0.717, 1.165) is 4.57 Å². The third-order valence-corrected chi connectivity index (χ3v) is 5.33. The second-order valence-electron chi connectivity index (χ2n) is 5.49. The number of nitrogens with zero attached hydrogens (tertiary/aromatic N) is 6. The average molecular weight is 423 g/mol. The van der Waals surface area contributed by atoms with Gasteiger partial charge in [0.15, 0.2) is 20.9 Å². The van der Waals surface area contributed by atoms with Crippen molar-refractivity contribution >= 4 is 43.4 Å². The van der Waals surface area contributed by atoms with Crippen molar-refractivity contribution in [3.63, 3.8) is 0 Å². The summed E-state index contributed by atoms with van der Waals surface area (Å²) in [6.45, 7) is 0.196.